The maximum Gasteiger partial charge on any atom is 0.178 e. The van der Waals surface area contributed by atoms with Crippen LogP contribution >= 0.6 is 36.2 Å². The highest BCUT2D eigenvalue weighted by Crippen LogP contribution is 2.15. The van der Waals surface area contributed by atoms with E-state index in [0.717, 1.165) is 142 Å². The summed E-state index contributed by atoms with van der Waals surface area (Å²) in [5.41, 5.74) is 3.83. The number of nitrogens with zero attached hydrogens (tertiary/aromatic N) is 9. The third-order valence-corrected chi connectivity index (χ3v) is 12.0. The highest BCUT2D eigenvalue weighted by atomic mass is 32.2. The van der Waals surface area contributed by atoms with Gasteiger partial charge in [-0.25, -0.2) is 0 Å². The summed E-state index contributed by atoms with van der Waals surface area (Å²) < 4.78 is 34.2. The van der Waals surface area contributed by atoms with Crippen molar-refractivity contribution in [3.63, 3.8) is 0 Å². The summed E-state index contributed by atoms with van der Waals surface area (Å²) in [7, 11) is 3.85. The average molecular weight is 954 g/mol. The van der Waals surface area contributed by atoms with Gasteiger partial charge in [0.2, 0.25) is 0 Å². The Hall–Kier alpha value is -4.05. The van der Waals surface area contributed by atoms with Crippen molar-refractivity contribution in [2.24, 2.45) is 9.98 Å². The van der Waals surface area contributed by atoms with Crippen LogP contribution in [0.3, 0.4) is 0 Å². The van der Waals surface area contributed by atoms with E-state index in [1.165, 1.54) is 6.92 Å². The van der Waals surface area contributed by atoms with Crippen molar-refractivity contribution < 1.29 is 33.2 Å². The molecule has 0 amide bonds. The van der Waals surface area contributed by atoms with Gasteiger partial charge in [-0.15, -0.1) is 11.8 Å². The highest BCUT2D eigenvalue weighted by Gasteiger charge is 2.13. The molecule has 3 aliphatic heterocycles. The minimum absolute atomic E-state index is 0.0476. The number of likely N-dealkylation sites (N-methyl/N-ethyl adjacent to an activating group) is 1. The monoisotopic (exact) mass is 953 g/mol. The molecule has 3 aromatic heterocycles. The van der Waals surface area contributed by atoms with Crippen molar-refractivity contribution in [3.8, 4) is 17.2 Å². The summed E-state index contributed by atoms with van der Waals surface area (Å²) in [6.45, 7) is 21.7. The molecule has 19 heteroatoms. The molecule has 0 unspecified atom stereocenters. The van der Waals surface area contributed by atoms with Gasteiger partial charge in [0, 0.05) is 117 Å². The van der Waals surface area contributed by atoms with E-state index in [1.54, 1.807) is 42.5 Å². The first-order chi connectivity index (χ1) is 31.5. The molecule has 0 saturated carbocycles. The molecule has 0 N–H and O–H groups in total. The maximum atomic E-state index is 11.2. The van der Waals surface area contributed by atoms with E-state index < -0.39 is 0 Å². The van der Waals surface area contributed by atoms with Crippen molar-refractivity contribution >= 4 is 62.6 Å². The molecule has 3 fully saturated rings. The zero-order chi connectivity index (χ0) is 46.7. The fourth-order valence-electron chi connectivity index (χ4n) is 6.18. The van der Waals surface area contributed by atoms with Crippen LogP contribution < -0.4 is 14.2 Å². The second-order valence-electron chi connectivity index (χ2n) is 15.3. The first-order valence-electron chi connectivity index (χ1n) is 22.0. The highest BCUT2D eigenvalue weighted by molar-refractivity contribution is 8.22. The van der Waals surface area contributed by atoms with Crippen LogP contribution in [0.15, 0.2) is 65.0 Å². The van der Waals surface area contributed by atoms with Crippen molar-refractivity contribution in [2.45, 2.75) is 20.8 Å². The molecule has 65 heavy (non-hydrogen) atoms. The lowest BCUT2D eigenvalue weighted by atomic mass is 10.2. The number of carbonyl (C=O) groups excluding carboxylic acids is 1. The third kappa shape index (κ3) is 21.9. The number of pyridine rings is 3. The van der Waals surface area contributed by atoms with E-state index in [0.29, 0.717) is 44.4 Å². The zero-order valence-electron chi connectivity index (χ0n) is 38.9. The Labute approximate surface area is 400 Å². The Bertz CT molecular complexity index is 1960. The Balaban J connectivity index is 0.000000216. The van der Waals surface area contributed by atoms with Gasteiger partial charge in [0.1, 0.15) is 42.8 Å². The Kier molecular flexibility index (Phi) is 25.6. The molecular formula is C46H67N9O7S3. The Morgan fingerprint density at radius 2 is 0.985 bits per heavy atom. The van der Waals surface area contributed by atoms with Crippen LogP contribution in [0.25, 0.3) is 0 Å². The lowest BCUT2D eigenvalue weighted by Crippen LogP contribution is -2.38. The molecule has 0 radical (unpaired) electrons. The number of ketones is 1. The molecule has 3 aliphatic rings. The fourth-order valence-corrected chi connectivity index (χ4v) is 6.50. The van der Waals surface area contributed by atoms with E-state index in [1.807, 2.05) is 63.4 Å². The number of morpholine rings is 3. The SMILES string of the molecule is CC(=NCC(=S)N(C)C)c1cc(OCCN2CCOCC2)ccn1.CC(=O)c1cc(OCCN2CCOCC2)ccn1.CSC(=S)CN=C(C)c1cc(OCCN2CCOCC2)ccn1. The predicted molar refractivity (Wildman–Crippen MR) is 268 cm³/mol. The zero-order valence-corrected chi connectivity index (χ0v) is 41.4. The number of carbonyl (C=O) groups is 1. The van der Waals surface area contributed by atoms with Crippen LogP contribution in [0.5, 0.6) is 17.2 Å². The lowest BCUT2D eigenvalue weighted by Gasteiger charge is -2.26. The molecule has 0 atom stereocenters. The normalized spacial score (nSPS) is 16.3. The van der Waals surface area contributed by atoms with Crippen molar-refractivity contribution in [3.05, 3.63) is 72.1 Å². The molecule has 3 aromatic rings. The Morgan fingerprint density at radius 1 is 0.631 bits per heavy atom. The van der Waals surface area contributed by atoms with Crippen LogP contribution in [0.1, 0.15) is 42.6 Å². The molecule has 3 saturated heterocycles. The average Bonchev–Trinajstić information content (AvgIpc) is 3.34. The quantitative estimate of drug-likeness (QED) is 0.0922. The summed E-state index contributed by atoms with van der Waals surface area (Å²) in [5.74, 6) is 2.29. The van der Waals surface area contributed by atoms with Crippen molar-refractivity contribution in [2.75, 3.05) is 152 Å². The molecule has 0 aromatic carbocycles. The number of aliphatic imine (C=N–C) groups is 2. The first-order valence-corrected chi connectivity index (χ1v) is 24.0. The summed E-state index contributed by atoms with van der Waals surface area (Å²) in [4.78, 5) is 42.5. The lowest BCUT2D eigenvalue weighted by molar-refractivity contribution is 0.0321. The Morgan fingerprint density at radius 3 is 1.34 bits per heavy atom. The molecule has 6 rings (SSSR count). The van der Waals surface area contributed by atoms with Crippen LogP contribution in [0, 0.1) is 0 Å². The van der Waals surface area contributed by atoms with Gasteiger partial charge in [-0.1, -0.05) is 24.4 Å². The number of hydrogen-bond donors (Lipinski definition) is 0. The number of ether oxygens (including phenoxy) is 6. The fraction of sp³-hybridized carbons (Fsp3) is 0.565. The van der Waals surface area contributed by atoms with Gasteiger partial charge in [0.05, 0.1) is 84.7 Å². The molecule has 16 nitrogen and oxygen atoms in total. The van der Waals surface area contributed by atoms with E-state index in [9.17, 15) is 4.79 Å². The number of thioether (sulfide) groups is 1. The number of thiocarbonyl (C=S) groups is 2. The van der Waals surface area contributed by atoms with Gasteiger partial charge in [-0.2, -0.15) is 0 Å². The largest absolute Gasteiger partial charge is 0.492 e. The standard InChI is InChI=1S/C17H26N4O2S.C16H23N3O2S2.C13H18N2O3/c1-14(19-13-17(24)20(2)3)16-12-15(4-5-18-16)23-11-8-21-6-9-22-10-7-21;1-13(18-12-16(22)23-2)15-11-14(3-4-17-15)21-10-7-19-5-8-20-9-6-19;1-11(16)13-10-12(2-3-14-13)18-9-6-15-4-7-17-8-5-15/h4-5,12H,6-11,13H2,1-3H3;3-4,11H,5-10,12H2,1-2H3;2-3,10H,4-9H2,1H3. The van der Waals surface area contributed by atoms with Crippen LogP contribution in [-0.2, 0) is 14.2 Å². The maximum absolute atomic E-state index is 11.2. The molecule has 6 heterocycles. The molecule has 0 spiro atoms. The summed E-state index contributed by atoms with van der Waals surface area (Å²) in [6.07, 6.45) is 7.07. The van der Waals surface area contributed by atoms with Crippen molar-refractivity contribution in [1.82, 2.24) is 34.6 Å². The topological polar surface area (TPSA) is 149 Å². The van der Waals surface area contributed by atoms with E-state index in [4.69, 9.17) is 52.9 Å². The van der Waals surface area contributed by atoms with Gasteiger partial charge in [0.25, 0.3) is 0 Å². The summed E-state index contributed by atoms with van der Waals surface area (Å²) in [6, 6.07) is 11.1. The van der Waals surface area contributed by atoms with Gasteiger partial charge < -0.3 is 33.3 Å². The van der Waals surface area contributed by atoms with Gasteiger partial charge in [-0.05, 0) is 38.3 Å². The molecule has 0 aliphatic carbocycles. The summed E-state index contributed by atoms with van der Waals surface area (Å²) in [5, 5.41) is 0. The van der Waals surface area contributed by atoms with Crippen molar-refractivity contribution in [1.29, 1.82) is 0 Å². The minimum atomic E-state index is -0.0476. The van der Waals surface area contributed by atoms with Crippen LogP contribution in [0.2, 0.25) is 0 Å². The molecule has 356 valence electrons. The van der Waals surface area contributed by atoms with Crippen LogP contribution in [0.4, 0.5) is 0 Å². The predicted octanol–water partition coefficient (Wildman–Crippen LogP) is 4.78. The van der Waals surface area contributed by atoms with E-state index in [2.05, 4.69) is 39.6 Å². The van der Waals surface area contributed by atoms with Gasteiger partial charge in [0.15, 0.2) is 5.78 Å². The second kappa shape index (κ2) is 31.0. The van der Waals surface area contributed by atoms with Gasteiger partial charge in [-0.3, -0.25) is 44.4 Å². The number of Topliss-reactive ketones (excluding diaryl/α,β-unsaturated/α-hetero) is 1. The minimum Gasteiger partial charge on any atom is -0.492 e. The molecular weight excluding hydrogens is 887 g/mol. The molecule has 0 bridgehead atoms. The van der Waals surface area contributed by atoms with E-state index in [-0.39, 0.29) is 5.78 Å². The van der Waals surface area contributed by atoms with Crippen LogP contribution in [-0.4, -0.2) is 213 Å². The van der Waals surface area contributed by atoms with E-state index >= 15 is 0 Å². The first kappa shape index (κ1) is 53.6. The van der Waals surface area contributed by atoms with Gasteiger partial charge >= 0.3 is 0 Å². The number of aromatic nitrogens is 3. The smallest absolute Gasteiger partial charge is 0.178 e. The third-order valence-electron chi connectivity index (χ3n) is 10.3. The second-order valence-corrected chi connectivity index (χ2v) is 17.4. The number of rotatable bonds is 19. The number of hydrogen-bond acceptors (Lipinski definition) is 18. The summed E-state index contributed by atoms with van der Waals surface area (Å²) >= 11 is 12.0.